The number of esters is 1. The van der Waals surface area contributed by atoms with Gasteiger partial charge in [-0.15, -0.1) is 0 Å². The molecule has 0 aliphatic rings. The van der Waals surface area contributed by atoms with Gasteiger partial charge in [0.15, 0.2) is 5.60 Å². The van der Waals surface area contributed by atoms with Crippen LogP contribution in [0.2, 0.25) is 0 Å². The Hall–Kier alpha value is -1.20. The third-order valence-corrected chi connectivity index (χ3v) is 2.61. The van der Waals surface area contributed by atoms with Gasteiger partial charge in [0.1, 0.15) is 0 Å². The summed E-state index contributed by atoms with van der Waals surface area (Å²) >= 11 is 0. The average molecular weight is 350 g/mol. The number of halogens is 9. The first-order valence-corrected chi connectivity index (χ1v) is 5.54. The molecular weight excluding hydrogens is 339 g/mol. The first-order chi connectivity index (χ1) is 9.44. The maximum Gasteiger partial charge on any atom is 0.457 e. The van der Waals surface area contributed by atoms with Crippen molar-refractivity contribution < 1.29 is 54.2 Å². The summed E-state index contributed by atoms with van der Waals surface area (Å²) in [6.45, 7) is 0.720. The van der Waals surface area contributed by atoms with Gasteiger partial charge in [-0.05, 0) is 13.8 Å². The summed E-state index contributed by atoms with van der Waals surface area (Å²) in [5, 5.41) is 9.33. The number of aliphatic hydroxyl groups is 1. The van der Waals surface area contributed by atoms with Crippen molar-refractivity contribution in [2.75, 3.05) is 6.61 Å². The molecule has 0 aromatic carbocycles. The van der Waals surface area contributed by atoms with E-state index in [9.17, 15) is 49.4 Å². The standard InChI is InChI=1S/C10H11F9O3/c1-3-22-5(20)6(2,21)4-7(11,9(14,15)16)8(12,13)10(17,18)19/h21H,3-4H2,1-2H3. The largest absolute Gasteiger partial charge is 0.464 e. The molecule has 0 bridgehead atoms. The molecule has 0 aliphatic heterocycles. The topological polar surface area (TPSA) is 46.5 Å². The normalized spacial score (nSPS) is 19.3. The molecule has 0 aromatic heterocycles. The first-order valence-electron chi connectivity index (χ1n) is 5.54. The van der Waals surface area contributed by atoms with Crippen molar-refractivity contribution in [1.82, 2.24) is 0 Å². The van der Waals surface area contributed by atoms with E-state index in [-0.39, 0.29) is 6.92 Å². The van der Waals surface area contributed by atoms with Gasteiger partial charge < -0.3 is 9.84 Å². The van der Waals surface area contributed by atoms with Crippen molar-refractivity contribution in [3.8, 4) is 0 Å². The lowest BCUT2D eigenvalue weighted by Crippen LogP contribution is -2.65. The summed E-state index contributed by atoms with van der Waals surface area (Å²) in [7, 11) is 0. The van der Waals surface area contributed by atoms with E-state index in [1.165, 1.54) is 0 Å². The minimum atomic E-state index is -6.90. The van der Waals surface area contributed by atoms with Gasteiger partial charge >= 0.3 is 24.2 Å². The second-order valence-electron chi connectivity index (χ2n) is 4.54. The number of ether oxygens (including phenoxy) is 1. The van der Waals surface area contributed by atoms with Crippen molar-refractivity contribution in [3.05, 3.63) is 0 Å². The molecule has 0 amide bonds. The summed E-state index contributed by atoms with van der Waals surface area (Å²) < 4.78 is 117. The second kappa shape index (κ2) is 5.78. The Labute approximate surface area is 118 Å². The Morgan fingerprint density at radius 3 is 1.64 bits per heavy atom. The van der Waals surface area contributed by atoms with Crippen LogP contribution in [0.25, 0.3) is 0 Å². The molecule has 0 radical (unpaired) electrons. The number of carbonyl (C=O) groups excluding carboxylic acids is 1. The number of carbonyl (C=O) groups is 1. The molecular formula is C10H11F9O3. The third kappa shape index (κ3) is 3.58. The summed E-state index contributed by atoms with van der Waals surface area (Å²) in [6.07, 6.45) is -16.5. The summed E-state index contributed by atoms with van der Waals surface area (Å²) in [6, 6.07) is 0. The second-order valence-corrected chi connectivity index (χ2v) is 4.54. The molecule has 0 saturated carbocycles. The molecule has 2 atom stereocenters. The smallest absolute Gasteiger partial charge is 0.457 e. The van der Waals surface area contributed by atoms with Crippen LogP contribution in [0, 0.1) is 0 Å². The van der Waals surface area contributed by atoms with Crippen LogP contribution in [0.3, 0.4) is 0 Å². The van der Waals surface area contributed by atoms with Crippen LogP contribution in [0.4, 0.5) is 39.5 Å². The van der Waals surface area contributed by atoms with E-state index in [1.807, 2.05) is 0 Å². The molecule has 0 heterocycles. The Bertz CT molecular complexity index is 413. The van der Waals surface area contributed by atoms with Crippen LogP contribution in [0.15, 0.2) is 0 Å². The van der Waals surface area contributed by atoms with Crippen molar-refractivity contribution in [3.63, 3.8) is 0 Å². The minimum absolute atomic E-state index is 0.136. The lowest BCUT2D eigenvalue weighted by atomic mass is 9.83. The van der Waals surface area contributed by atoms with E-state index in [0.717, 1.165) is 6.92 Å². The van der Waals surface area contributed by atoms with E-state index in [0.29, 0.717) is 0 Å². The van der Waals surface area contributed by atoms with E-state index >= 15 is 0 Å². The van der Waals surface area contributed by atoms with Crippen LogP contribution in [0.5, 0.6) is 0 Å². The molecule has 0 fully saturated rings. The molecule has 3 nitrogen and oxygen atoms in total. The van der Waals surface area contributed by atoms with Gasteiger partial charge in [-0.2, -0.15) is 35.1 Å². The molecule has 0 aromatic rings. The van der Waals surface area contributed by atoms with E-state index in [1.54, 1.807) is 0 Å². The van der Waals surface area contributed by atoms with Crippen LogP contribution in [0.1, 0.15) is 20.3 Å². The highest BCUT2D eigenvalue weighted by molar-refractivity contribution is 5.78. The first kappa shape index (κ1) is 20.8. The van der Waals surface area contributed by atoms with E-state index in [2.05, 4.69) is 4.74 Å². The molecule has 22 heavy (non-hydrogen) atoms. The maximum atomic E-state index is 13.7. The van der Waals surface area contributed by atoms with Gasteiger partial charge in [0, 0.05) is 6.42 Å². The Morgan fingerprint density at radius 1 is 0.955 bits per heavy atom. The van der Waals surface area contributed by atoms with Gasteiger partial charge in [-0.3, -0.25) is 0 Å². The SMILES string of the molecule is CCOC(=O)C(C)(O)CC(F)(C(F)(F)F)C(F)(F)C(F)(F)F. The molecule has 0 saturated heterocycles. The number of hydrogen-bond acceptors (Lipinski definition) is 3. The molecule has 0 spiro atoms. The maximum absolute atomic E-state index is 13.7. The zero-order valence-corrected chi connectivity index (χ0v) is 11.1. The number of rotatable bonds is 5. The minimum Gasteiger partial charge on any atom is -0.464 e. The highest BCUT2D eigenvalue weighted by Gasteiger charge is 2.82. The molecule has 0 aliphatic carbocycles. The fraction of sp³-hybridized carbons (Fsp3) is 0.900. The third-order valence-electron chi connectivity index (χ3n) is 2.61. The van der Waals surface area contributed by atoms with Crippen molar-refractivity contribution in [2.45, 2.75) is 49.8 Å². The Balaban J connectivity index is 5.94. The van der Waals surface area contributed by atoms with Crippen molar-refractivity contribution in [1.29, 1.82) is 0 Å². The predicted molar refractivity (Wildman–Crippen MR) is 52.8 cm³/mol. The molecule has 2 unspecified atom stereocenters. The Kier molecular flexibility index (Phi) is 5.46. The summed E-state index contributed by atoms with van der Waals surface area (Å²) in [5.74, 6) is -8.87. The van der Waals surface area contributed by atoms with Gasteiger partial charge in [0.05, 0.1) is 6.61 Å². The molecule has 0 rings (SSSR count). The predicted octanol–water partition coefficient (Wildman–Crippen LogP) is 3.16. The van der Waals surface area contributed by atoms with Gasteiger partial charge in [0.25, 0.3) is 5.67 Å². The zero-order valence-electron chi connectivity index (χ0n) is 11.1. The van der Waals surface area contributed by atoms with Crippen LogP contribution < -0.4 is 0 Å². The highest BCUT2D eigenvalue weighted by atomic mass is 19.4. The zero-order chi connectivity index (χ0) is 18.2. The molecule has 132 valence electrons. The van der Waals surface area contributed by atoms with Crippen LogP contribution in [-0.2, 0) is 9.53 Å². The van der Waals surface area contributed by atoms with Gasteiger partial charge in [0.2, 0.25) is 0 Å². The van der Waals surface area contributed by atoms with Crippen LogP contribution in [-0.4, -0.2) is 47.2 Å². The average Bonchev–Trinajstić information content (AvgIpc) is 2.25. The Morgan fingerprint density at radius 2 is 1.36 bits per heavy atom. The highest BCUT2D eigenvalue weighted by Crippen LogP contribution is 2.55. The fourth-order valence-electron chi connectivity index (χ4n) is 1.45. The molecule has 12 heteroatoms. The van der Waals surface area contributed by atoms with Gasteiger partial charge in [-0.1, -0.05) is 0 Å². The quantitative estimate of drug-likeness (QED) is 0.612. The van der Waals surface area contributed by atoms with Crippen molar-refractivity contribution in [2.24, 2.45) is 0 Å². The van der Waals surface area contributed by atoms with E-state index in [4.69, 9.17) is 0 Å². The van der Waals surface area contributed by atoms with Crippen molar-refractivity contribution >= 4 is 5.97 Å². The van der Waals surface area contributed by atoms with E-state index < -0.39 is 48.5 Å². The van der Waals surface area contributed by atoms with Crippen LogP contribution >= 0.6 is 0 Å². The lowest BCUT2D eigenvalue weighted by molar-refractivity contribution is -0.389. The summed E-state index contributed by atoms with van der Waals surface area (Å²) in [5.41, 5.74) is -9.79. The number of alkyl halides is 9. The number of hydrogen-bond donors (Lipinski definition) is 1. The fourth-order valence-corrected chi connectivity index (χ4v) is 1.45. The summed E-state index contributed by atoms with van der Waals surface area (Å²) in [4.78, 5) is 11.1. The monoisotopic (exact) mass is 350 g/mol. The molecule has 1 N–H and O–H groups in total. The van der Waals surface area contributed by atoms with Gasteiger partial charge in [-0.25, -0.2) is 9.18 Å². The lowest BCUT2D eigenvalue weighted by Gasteiger charge is -2.38.